The van der Waals surface area contributed by atoms with Crippen LogP contribution in [-0.2, 0) is 4.74 Å². The molecule has 5 heterocycles. The summed E-state index contributed by atoms with van der Waals surface area (Å²) < 4.78 is 29.3. The van der Waals surface area contributed by atoms with E-state index in [0.717, 1.165) is 56.5 Å². The highest BCUT2D eigenvalue weighted by Gasteiger charge is 2.42. The molecule has 46 heavy (non-hydrogen) atoms. The number of nitrogens with one attached hydrogen (secondary N) is 1. The number of nitrogens with zero attached hydrogens (tertiary/aromatic N) is 4. The third-order valence-corrected chi connectivity index (χ3v) is 11.3. The number of anilines is 1. The molecular weight excluding hydrogens is 605 g/mol. The Bertz CT molecular complexity index is 1790. The zero-order chi connectivity index (χ0) is 30.9. The van der Waals surface area contributed by atoms with Crippen molar-refractivity contribution in [2.24, 2.45) is 11.8 Å². The van der Waals surface area contributed by atoms with Gasteiger partial charge in [-0.05, 0) is 79.0 Å². The van der Waals surface area contributed by atoms with Crippen molar-refractivity contribution >= 4 is 39.1 Å². The van der Waals surface area contributed by atoms with Gasteiger partial charge in [0.2, 0.25) is 0 Å². The average molecular weight is 644 g/mol. The van der Waals surface area contributed by atoms with Crippen LogP contribution in [0.1, 0.15) is 38.5 Å². The first-order valence-corrected chi connectivity index (χ1v) is 17.3. The summed E-state index contributed by atoms with van der Waals surface area (Å²) in [5.74, 6) is 1.18. The van der Waals surface area contributed by atoms with Crippen LogP contribution in [0.5, 0.6) is 11.8 Å². The van der Waals surface area contributed by atoms with Gasteiger partial charge in [0.1, 0.15) is 17.1 Å². The average Bonchev–Trinajstić information content (AvgIpc) is 3.81. The number of phenolic OH excluding ortho intramolecular Hbond substituents is 1. The van der Waals surface area contributed by atoms with Crippen LogP contribution in [0.15, 0.2) is 42.5 Å². The number of piperazine rings is 1. The van der Waals surface area contributed by atoms with Crippen molar-refractivity contribution in [2.75, 3.05) is 44.4 Å². The normalized spacial score (nSPS) is 26.7. The summed E-state index contributed by atoms with van der Waals surface area (Å²) in [6.45, 7) is 4.69. The number of rotatable bonds is 8. The number of fused-ring (bicyclic) bond motifs is 6. The van der Waals surface area contributed by atoms with Gasteiger partial charge in [0.05, 0.1) is 24.8 Å². The number of aromatic hydroxyl groups is 1. The zero-order valence-electron chi connectivity index (χ0n) is 25.8. The van der Waals surface area contributed by atoms with E-state index in [1.54, 1.807) is 18.2 Å². The van der Waals surface area contributed by atoms with Gasteiger partial charge in [-0.15, -0.1) is 0 Å². The Morgan fingerprint density at radius 1 is 0.978 bits per heavy atom. The van der Waals surface area contributed by atoms with Crippen molar-refractivity contribution in [1.82, 2.24) is 20.2 Å². The third kappa shape index (κ3) is 5.16. The minimum absolute atomic E-state index is 0.0489. The molecule has 4 bridgehead atoms. The molecule has 4 aromatic rings. The molecule has 9 rings (SSSR count). The van der Waals surface area contributed by atoms with Crippen LogP contribution in [0.25, 0.3) is 32.8 Å². The highest BCUT2D eigenvalue weighted by molar-refractivity contribution is 6.35. The molecular formula is C36H39ClFN5O3. The quantitative estimate of drug-likeness (QED) is 0.236. The molecule has 5 aliphatic rings. The van der Waals surface area contributed by atoms with Crippen LogP contribution < -0.4 is 15.0 Å². The molecule has 1 aromatic heterocycles. The van der Waals surface area contributed by atoms with Gasteiger partial charge in [0, 0.05) is 60.7 Å². The predicted molar refractivity (Wildman–Crippen MR) is 177 cm³/mol. The van der Waals surface area contributed by atoms with E-state index in [1.807, 2.05) is 24.3 Å². The second-order valence-corrected chi connectivity index (χ2v) is 14.5. The second kappa shape index (κ2) is 11.5. The Balaban J connectivity index is 1.11. The number of aromatic nitrogens is 2. The number of halogens is 2. The summed E-state index contributed by atoms with van der Waals surface area (Å²) in [5.41, 5.74) is 0.930. The van der Waals surface area contributed by atoms with Gasteiger partial charge in [0.25, 0.3) is 0 Å². The highest BCUT2D eigenvalue weighted by Crippen LogP contribution is 2.44. The van der Waals surface area contributed by atoms with Crippen LogP contribution in [0.2, 0.25) is 5.02 Å². The SMILES string of the molecule is Oc1cc(-c2c(Cl)cc3c(N4CC5CCC(C4)N5)nc(OC[C@@H](CN4C5CCC4COC5)C4CC4)nc3c2F)c2ccccc2c1. The van der Waals surface area contributed by atoms with E-state index in [-0.39, 0.29) is 27.9 Å². The maximum absolute atomic E-state index is 16.9. The minimum Gasteiger partial charge on any atom is -0.508 e. The lowest BCUT2D eigenvalue weighted by atomic mass is 9.96. The van der Waals surface area contributed by atoms with E-state index < -0.39 is 5.82 Å². The maximum atomic E-state index is 16.9. The smallest absolute Gasteiger partial charge is 0.319 e. The van der Waals surface area contributed by atoms with Gasteiger partial charge in [-0.1, -0.05) is 35.9 Å². The van der Waals surface area contributed by atoms with Crippen molar-refractivity contribution < 1.29 is 19.0 Å². The highest BCUT2D eigenvalue weighted by atomic mass is 35.5. The van der Waals surface area contributed by atoms with E-state index in [9.17, 15) is 5.11 Å². The summed E-state index contributed by atoms with van der Waals surface area (Å²) in [4.78, 5) is 14.6. The molecule has 4 unspecified atom stereocenters. The maximum Gasteiger partial charge on any atom is 0.319 e. The molecule has 3 aromatic carbocycles. The van der Waals surface area contributed by atoms with E-state index >= 15 is 4.39 Å². The lowest BCUT2D eigenvalue weighted by Gasteiger charge is -2.37. The largest absolute Gasteiger partial charge is 0.508 e. The van der Waals surface area contributed by atoms with Crippen molar-refractivity contribution in [1.29, 1.82) is 0 Å². The topological polar surface area (TPSA) is 83.0 Å². The Kier molecular flexibility index (Phi) is 7.22. The molecule has 4 aliphatic heterocycles. The third-order valence-electron chi connectivity index (χ3n) is 11.0. The Labute approximate surface area is 272 Å². The first-order chi connectivity index (χ1) is 22.5. The van der Waals surface area contributed by atoms with Gasteiger partial charge in [-0.2, -0.15) is 9.97 Å². The summed E-state index contributed by atoms with van der Waals surface area (Å²) >= 11 is 6.93. The van der Waals surface area contributed by atoms with E-state index in [1.165, 1.54) is 25.7 Å². The number of hydrogen-bond acceptors (Lipinski definition) is 8. The molecule has 1 aliphatic carbocycles. The molecule has 5 fully saturated rings. The van der Waals surface area contributed by atoms with Gasteiger partial charge in [-0.3, -0.25) is 4.90 Å². The Hall–Kier alpha value is -3.24. The standard InChI is InChI=1S/C36H39ClFN5O3/c37-31-13-30-34(33(38)32(31)29-12-27(44)11-21-3-1-2-4-28(21)29)40-36(41-35(30)42-15-23-7-8-24(16-42)39-23)46-17-22(20-5-6-20)14-43-25-9-10-26(43)19-45-18-25/h1-4,11-13,20,22-26,39,44H,5-10,14-19H2/t22-,23?,24?,25?,26?/m1/s1. The lowest BCUT2D eigenvalue weighted by molar-refractivity contribution is -0.0261. The first kappa shape index (κ1) is 28.9. The van der Waals surface area contributed by atoms with Gasteiger partial charge < -0.3 is 24.8 Å². The lowest BCUT2D eigenvalue weighted by Crippen LogP contribution is -2.51. The minimum atomic E-state index is -0.534. The van der Waals surface area contributed by atoms with Crippen molar-refractivity contribution in [3.63, 3.8) is 0 Å². The molecule has 0 amide bonds. The summed E-state index contributed by atoms with van der Waals surface area (Å²) in [5, 5.41) is 16.7. The summed E-state index contributed by atoms with van der Waals surface area (Å²) in [7, 11) is 0. The van der Waals surface area contributed by atoms with Crippen molar-refractivity contribution in [3.8, 4) is 22.9 Å². The van der Waals surface area contributed by atoms with Crippen molar-refractivity contribution in [2.45, 2.75) is 62.7 Å². The van der Waals surface area contributed by atoms with Crippen LogP contribution in [0.4, 0.5) is 10.2 Å². The molecule has 240 valence electrons. The summed E-state index contributed by atoms with van der Waals surface area (Å²) in [6.07, 6.45) is 7.07. The van der Waals surface area contributed by atoms with Gasteiger partial charge >= 0.3 is 6.01 Å². The van der Waals surface area contributed by atoms with Crippen molar-refractivity contribution in [3.05, 3.63) is 53.3 Å². The molecule has 5 atom stereocenters. The molecule has 8 nitrogen and oxygen atoms in total. The number of benzene rings is 3. The van der Waals surface area contributed by atoms with Gasteiger partial charge in [0.15, 0.2) is 5.82 Å². The fourth-order valence-corrected chi connectivity index (χ4v) is 8.85. The monoisotopic (exact) mass is 643 g/mol. The van der Waals surface area contributed by atoms with E-state index in [0.29, 0.717) is 59.4 Å². The molecule has 2 N–H and O–H groups in total. The fraction of sp³-hybridized carbons (Fsp3) is 0.500. The number of phenols is 1. The van der Waals surface area contributed by atoms with Crippen LogP contribution in [0.3, 0.4) is 0 Å². The second-order valence-electron chi connectivity index (χ2n) is 14.1. The Morgan fingerprint density at radius 2 is 1.74 bits per heavy atom. The van der Waals surface area contributed by atoms with Crippen LogP contribution >= 0.6 is 11.6 Å². The molecule has 0 radical (unpaired) electrons. The number of morpholine rings is 1. The zero-order valence-corrected chi connectivity index (χ0v) is 26.6. The number of hydrogen-bond donors (Lipinski definition) is 2. The fourth-order valence-electron chi connectivity index (χ4n) is 8.55. The molecule has 10 heteroatoms. The van der Waals surface area contributed by atoms with Gasteiger partial charge in [-0.25, -0.2) is 4.39 Å². The Morgan fingerprint density at radius 3 is 2.50 bits per heavy atom. The first-order valence-electron chi connectivity index (χ1n) is 16.9. The van der Waals surface area contributed by atoms with Crippen LogP contribution in [0, 0.1) is 17.7 Å². The predicted octanol–water partition coefficient (Wildman–Crippen LogP) is 6.16. The van der Waals surface area contributed by atoms with Crippen LogP contribution in [-0.4, -0.2) is 83.6 Å². The molecule has 1 saturated carbocycles. The molecule has 0 spiro atoms. The molecule has 4 saturated heterocycles. The van der Waals surface area contributed by atoms with E-state index in [4.69, 9.17) is 31.0 Å². The number of ether oxygens (including phenoxy) is 2. The van der Waals surface area contributed by atoms with E-state index in [2.05, 4.69) is 15.1 Å². The summed E-state index contributed by atoms with van der Waals surface area (Å²) in [6, 6.07) is 14.6.